The number of hydrogen-bond acceptors (Lipinski definition) is 3. The van der Waals surface area contributed by atoms with E-state index in [1.807, 2.05) is 6.92 Å². The molecule has 0 radical (unpaired) electrons. The van der Waals surface area contributed by atoms with Crippen molar-refractivity contribution >= 4 is 21.8 Å². The van der Waals surface area contributed by atoms with Gasteiger partial charge >= 0.3 is 0 Å². The van der Waals surface area contributed by atoms with Crippen LogP contribution >= 0.6 is 15.9 Å². The number of ether oxygens (including phenoxy) is 1. The van der Waals surface area contributed by atoms with Gasteiger partial charge in [0.2, 0.25) is 0 Å². The number of carbonyl (C=O) groups excluding carboxylic acids is 1. The van der Waals surface area contributed by atoms with E-state index in [4.69, 9.17) is 4.74 Å². The normalized spacial score (nSPS) is 24.4. The number of rotatable bonds is 2. The first-order valence-electron chi connectivity index (χ1n) is 5.11. The third-order valence-corrected chi connectivity index (χ3v) is 3.09. The van der Waals surface area contributed by atoms with Gasteiger partial charge in [0.1, 0.15) is 4.60 Å². The fraction of sp³-hybridized carbons (Fsp3) is 0.455. The van der Waals surface area contributed by atoms with Gasteiger partial charge in [0.05, 0.1) is 17.7 Å². The average Bonchev–Trinajstić information content (AvgIpc) is 2.65. The molecule has 1 amide bonds. The van der Waals surface area contributed by atoms with Crippen LogP contribution in [0.4, 0.5) is 0 Å². The first-order chi connectivity index (χ1) is 7.59. The average molecular weight is 285 g/mol. The number of halogens is 1. The Labute approximate surface area is 103 Å². The van der Waals surface area contributed by atoms with Crippen molar-refractivity contribution in [3.8, 4) is 0 Å². The molecule has 1 aromatic rings. The van der Waals surface area contributed by atoms with Crippen molar-refractivity contribution in [1.29, 1.82) is 0 Å². The highest BCUT2D eigenvalue weighted by Crippen LogP contribution is 2.18. The molecule has 0 spiro atoms. The van der Waals surface area contributed by atoms with Gasteiger partial charge < -0.3 is 10.1 Å². The largest absolute Gasteiger partial charge is 0.379 e. The van der Waals surface area contributed by atoms with Gasteiger partial charge in [0.25, 0.3) is 5.91 Å². The Kier molecular flexibility index (Phi) is 3.25. The fourth-order valence-electron chi connectivity index (χ4n) is 1.62. The fourth-order valence-corrected chi connectivity index (χ4v) is 1.86. The number of amides is 1. The zero-order chi connectivity index (χ0) is 11.6. The highest BCUT2D eigenvalue weighted by Gasteiger charge is 2.31. The van der Waals surface area contributed by atoms with E-state index in [1.165, 1.54) is 0 Å². The molecule has 1 fully saturated rings. The van der Waals surface area contributed by atoms with Gasteiger partial charge in [-0.2, -0.15) is 0 Å². The molecule has 0 bridgehead atoms. The molecule has 1 aliphatic heterocycles. The predicted molar refractivity (Wildman–Crippen MR) is 63.2 cm³/mol. The number of pyridine rings is 1. The van der Waals surface area contributed by atoms with Crippen LogP contribution in [0.1, 0.15) is 23.7 Å². The van der Waals surface area contributed by atoms with E-state index in [1.54, 1.807) is 18.3 Å². The maximum atomic E-state index is 11.9. The Morgan fingerprint density at radius 1 is 1.62 bits per heavy atom. The first-order valence-corrected chi connectivity index (χ1v) is 5.90. The predicted octanol–water partition coefficient (Wildman–Crippen LogP) is 1.75. The van der Waals surface area contributed by atoms with E-state index in [2.05, 4.69) is 26.2 Å². The second-order valence-corrected chi connectivity index (χ2v) is 5.00. The minimum atomic E-state index is -0.246. The second kappa shape index (κ2) is 4.51. The molecule has 2 rings (SSSR count). The highest BCUT2D eigenvalue weighted by molar-refractivity contribution is 9.10. The summed E-state index contributed by atoms with van der Waals surface area (Å²) in [5, 5.41) is 2.97. The van der Waals surface area contributed by atoms with Crippen molar-refractivity contribution in [3.63, 3.8) is 0 Å². The molecule has 0 aliphatic carbocycles. The summed E-state index contributed by atoms with van der Waals surface area (Å²) in [4.78, 5) is 15.9. The lowest BCUT2D eigenvalue weighted by molar-refractivity contribution is 0.0889. The van der Waals surface area contributed by atoms with E-state index in [-0.39, 0.29) is 11.4 Å². The van der Waals surface area contributed by atoms with E-state index in [0.29, 0.717) is 18.8 Å². The van der Waals surface area contributed by atoms with Crippen LogP contribution in [0.2, 0.25) is 0 Å². The summed E-state index contributed by atoms with van der Waals surface area (Å²) in [5.74, 6) is -0.104. The van der Waals surface area contributed by atoms with Gasteiger partial charge in [0, 0.05) is 12.8 Å². The summed E-state index contributed by atoms with van der Waals surface area (Å²) in [6, 6.07) is 3.49. The van der Waals surface area contributed by atoms with Gasteiger partial charge in [-0.3, -0.25) is 4.79 Å². The molecule has 0 saturated carbocycles. The molecule has 16 heavy (non-hydrogen) atoms. The van der Waals surface area contributed by atoms with Crippen molar-refractivity contribution in [3.05, 3.63) is 28.5 Å². The molecule has 1 unspecified atom stereocenters. The third kappa shape index (κ3) is 2.59. The van der Waals surface area contributed by atoms with Crippen LogP contribution in [0.5, 0.6) is 0 Å². The Balaban J connectivity index is 2.05. The third-order valence-electron chi connectivity index (χ3n) is 2.62. The van der Waals surface area contributed by atoms with E-state index >= 15 is 0 Å². The van der Waals surface area contributed by atoms with Crippen LogP contribution in [-0.4, -0.2) is 29.6 Å². The molecule has 0 aromatic carbocycles. The van der Waals surface area contributed by atoms with Crippen LogP contribution in [0.25, 0.3) is 0 Å². The van der Waals surface area contributed by atoms with Gasteiger partial charge in [-0.05, 0) is 41.4 Å². The SMILES string of the molecule is CC1(NC(=O)c2ccc(Br)nc2)CCOC1. The molecular weight excluding hydrogens is 272 g/mol. The molecule has 1 saturated heterocycles. The molecule has 86 valence electrons. The molecule has 4 nitrogen and oxygen atoms in total. The smallest absolute Gasteiger partial charge is 0.253 e. The van der Waals surface area contributed by atoms with Crippen molar-refractivity contribution in [1.82, 2.24) is 10.3 Å². The van der Waals surface area contributed by atoms with Gasteiger partial charge in [-0.25, -0.2) is 4.98 Å². The number of aromatic nitrogens is 1. The number of nitrogens with one attached hydrogen (secondary N) is 1. The topological polar surface area (TPSA) is 51.2 Å². The summed E-state index contributed by atoms with van der Waals surface area (Å²) < 4.78 is 6.00. The van der Waals surface area contributed by atoms with E-state index < -0.39 is 0 Å². The number of carbonyl (C=O) groups is 1. The quantitative estimate of drug-likeness (QED) is 0.842. The molecular formula is C11H13BrN2O2. The lowest BCUT2D eigenvalue weighted by Gasteiger charge is -2.23. The lowest BCUT2D eigenvalue weighted by atomic mass is 10.0. The Hall–Kier alpha value is -0.940. The zero-order valence-corrected chi connectivity index (χ0v) is 10.6. The summed E-state index contributed by atoms with van der Waals surface area (Å²) in [7, 11) is 0. The van der Waals surface area contributed by atoms with Crippen LogP contribution in [0.3, 0.4) is 0 Å². The summed E-state index contributed by atoms with van der Waals surface area (Å²) in [6.45, 7) is 3.27. The van der Waals surface area contributed by atoms with E-state index in [0.717, 1.165) is 11.0 Å². The van der Waals surface area contributed by atoms with Crippen molar-refractivity contribution in [2.75, 3.05) is 13.2 Å². The maximum Gasteiger partial charge on any atom is 0.253 e. The highest BCUT2D eigenvalue weighted by atomic mass is 79.9. The van der Waals surface area contributed by atoms with Gasteiger partial charge in [-0.1, -0.05) is 0 Å². The van der Waals surface area contributed by atoms with Crippen LogP contribution in [-0.2, 0) is 4.74 Å². The molecule has 1 aliphatic rings. The van der Waals surface area contributed by atoms with Gasteiger partial charge in [-0.15, -0.1) is 0 Å². The first kappa shape index (κ1) is 11.5. The Morgan fingerprint density at radius 3 is 3.00 bits per heavy atom. The van der Waals surface area contributed by atoms with Crippen LogP contribution < -0.4 is 5.32 Å². The molecule has 1 N–H and O–H groups in total. The standard InChI is InChI=1S/C11H13BrN2O2/c1-11(4-5-16-7-11)14-10(15)8-2-3-9(12)13-6-8/h2-3,6H,4-5,7H2,1H3,(H,14,15). The maximum absolute atomic E-state index is 11.9. The molecule has 1 aromatic heterocycles. The lowest BCUT2D eigenvalue weighted by Crippen LogP contribution is -2.46. The molecule has 2 heterocycles. The van der Waals surface area contributed by atoms with Crippen LogP contribution in [0.15, 0.2) is 22.9 Å². The second-order valence-electron chi connectivity index (χ2n) is 4.19. The van der Waals surface area contributed by atoms with Crippen molar-refractivity contribution < 1.29 is 9.53 Å². The summed E-state index contributed by atoms with van der Waals surface area (Å²) >= 11 is 3.23. The zero-order valence-electron chi connectivity index (χ0n) is 9.00. The van der Waals surface area contributed by atoms with Crippen molar-refractivity contribution in [2.24, 2.45) is 0 Å². The monoisotopic (exact) mass is 284 g/mol. The summed E-state index contributed by atoms with van der Waals surface area (Å²) in [6.07, 6.45) is 2.40. The molecule has 5 heteroatoms. The van der Waals surface area contributed by atoms with Crippen molar-refractivity contribution in [2.45, 2.75) is 18.9 Å². The number of hydrogen-bond donors (Lipinski definition) is 1. The minimum Gasteiger partial charge on any atom is -0.379 e. The summed E-state index contributed by atoms with van der Waals surface area (Å²) in [5.41, 5.74) is 0.320. The Bertz CT molecular complexity index is 385. The van der Waals surface area contributed by atoms with Crippen LogP contribution in [0, 0.1) is 0 Å². The molecule has 1 atom stereocenters. The Morgan fingerprint density at radius 2 is 2.44 bits per heavy atom. The van der Waals surface area contributed by atoms with Gasteiger partial charge in [0.15, 0.2) is 0 Å². The minimum absolute atomic E-state index is 0.104. The number of nitrogens with zero attached hydrogens (tertiary/aromatic N) is 1. The van der Waals surface area contributed by atoms with E-state index in [9.17, 15) is 4.79 Å².